The van der Waals surface area contributed by atoms with Crippen LogP contribution in [0, 0.1) is 4.77 Å². The number of rotatable bonds is 6. The van der Waals surface area contributed by atoms with Crippen molar-refractivity contribution in [2.45, 2.75) is 44.3 Å². The Kier molecular flexibility index (Phi) is 6.20. The summed E-state index contributed by atoms with van der Waals surface area (Å²) in [4.78, 5) is 32.3. The van der Waals surface area contributed by atoms with E-state index < -0.39 is 6.04 Å². The molecule has 1 aromatic heterocycles. The molecule has 33 heavy (non-hydrogen) atoms. The fourth-order valence-corrected chi connectivity index (χ4v) is 5.00. The molecule has 0 aliphatic carbocycles. The van der Waals surface area contributed by atoms with Gasteiger partial charge >= 0.3 is 0 Å². The minimum atomic E-state index is -0.474. The predicted octanol–water partition coefficient (Wildman–Crippen LogP) is 3.76. The van der Waals surface area contributed by atoms with Gasteiger partial charge in [0.25, 0.3) is 5.91 Å². The van der Waals surface area contributed by atoms with Gasteiger partial charge in [-0.1, -0.05) is 42.5 Å². The summed E-state index contributed by atoms with van der Waals surface area (Å²) in [6, 6.07) is 17.8. The van der Waals surface area contributed by atoms with E-state index in [1.807, 2.05) is 30.3 Å². The number of benzene rings is 2. The molecule has 1 fully saturated rings. The number of nitrogens with zero attached hydrogens (tertiary/aromatic N) is 3. The number of piperidine rings is 1. The lowest BCUT2D eigenvalue weighted by atomic mass is 10.0. The standard InChI is InChI=1S/C25H27N5O2S/c31-22(26-18-12-14-29(15-13-18)16-17-6-2-1-3-7-17)11-10-21-24(32)30-23(27-21)19-8-4-5-9-20(19)28-25(30)33/h1-9,18,21,27H,10-16H2,(H,26,31). The number of hydrogen-bond donors (Lipinski definition) is 2. The monoisotopic (exact) mass is 461 g/mol. The van der Waals surface area contributed by atoms with Crippen LogP contribution in [-0.4, -0.2) is 51.4 Å². The zero-order valence-corrected chi connectivity index (χ0v) is 19.2. The van der Waals surface area contributed by atoms with Gasteiger partial charge in [-0.2, -0.15) is 0 Å². The van der Waals surface area contributed by atoms with Crippen molar-refractivity contribution in [1.29, 1.82) is 0 Å². The number of carbonyl (C=O) groups excluding carboxylic acids is 2. The van der Waals surface area contributed by atoms with E-state index in [1.165, 1.54) is 10.1 Å². The highest BCUT2D eigenvalue weighted by Crippen LogP contribution is 2.29. The maximum absolute atomic E-state index is 12.9. The molecule has 1 amide bonds. The number of amides is 1. The number of aromatic nitrogens is 2. The second kappa shape index (κ2) is 9.41. The van der Waals surface area contributed by atoms with Gasteiger partial charge in [-0.3, -0.25) is 14.5 Å². The second-order valence-corrected chi connectivity index (χ2v) is 9.14. The Labute approximate surface area is 197 Å². The Balaban J connectivity index is 1.12. The Hall–Kier alpha value is -3.10. The molecule has 3 heterocycles. The van der Waals surface area contributed by atoms with Crippen LogP contribution in [0.2, 0.25) is 0 Å². The van der Waals surface area contributed by atoms with Crippen LogP contribution in [0.3, 0.4) is 0 Å². The van der Waals surface area contributed by atoms with Crippen molar-refractivity contribution < 1.29 is 9.59 Å². The molecule has 1 atom stereocenters. The first-order valence-corrected chi connectivity index (χ1v) is 11.9. The lowest BCUT2D eigenvalue weighted by Crippen LogP contribution is -2.44. The fourth-order valence-electron chi connectivity index (χ4n) is 4.72. The number of nitrogens with one attached hydrogen (secondary N) is 2. The van der Waals surface area contributed by atoms with E-state index in [0.29, 0.717) is 18.7 Å². The van der Waals surface area contributed by atoms with Gasteiger partial charge in [0.1, 0.15) is 11.9 Å². The van der Waals surface area contributed by atoms with Gasteiger partial charge in [-0.25, -0.2) is 9.55 Å². The van der Waals surface area contributed by atoms with E-state index in [2.05, 4.69) is 44.8 Å². The largest absolute Gasteiger partial charge is 0.359 e. The van der Waals surface area contributed by atoms with Crippen molar-refractivity contribution in [2.24, 2.45) is 0 Å². The van der Waals surface area contributed by atoms with Crippen LogP contribution in [-0.2, 0) is 11.3 Å². The Bertz CT molecular complexity index is 1230. The summed E-state index contributed by atoms with van der Waals surface area (Å²) in [6.07, 6.45) is 2.59. The first-order chi connectivity index (χ1) is 16.1. The van der Waals surface area contributed by atoms with Crippen LogP contribution in [0.1, 0.15) is 36.0 Å². The third kappa shape index (κ3) is 4.67. The van der Waals surface area contributed by atoms with Crippen LogP contribution in [0.15, 0.2) is 54.6 Å². The van der Waals surface area contributed by atoms with Crippen LogP contribution in [0.25, 0.3) is 10.9 Å². The average molecular weight is 462 g/mol. The van der Waals surface area contributed by atoms with E-state index in [1.54, 1.807) is 0 Å². The lowest BCUT2D eigenvalue weighted by molar-refractivity contribution is -0.122. The first kappa shape index (κ1) is 21.7. The number of likely N-dealkylation sites (tertiary alicyclic amines) is 1. The zero-order chi connectivity index (χ0) is 22.8. The molecule has 0 saturated carbocycles. The summed E-state index contributed by atoms with van der Waals surface area (Å²) < 4.78 is 1.71. The average Bonchev–Trinajstić information content (AvgIpc) is 3.17. The SMILES string of the molecule is O=C(CCC1Nc2c3ccccc3nc(=S)n2C1=O)NC1CCN(Cc2ccccc2)CC1. The Morgan fingerprint density at radius 1 is 1.09 bits per heavy atom. The van der Waals surface area contributed by atoms with Gasteiger partial charge in [0.05, 0.1) is 5.52 Å². The molecule has 0 spiro atoms. The minimum absolute atomic E-state index is 0.00588. The summed E-state index contributed by atoms with van der Waals surface area (Å²) in [5.74, 6) is 0.524. The van der Waals surface area contributed by atoms with Gasteiger partial charge in [-0.15, -0.1) is 0 Å². The van der Waals surface area contributed by atoms with E-state index >= 15 is 0 Å². The van der Waals surface area contributed by atoms with E-state index in [-0.39, 0.29) is 22.6 Å². The summed E-state index contributed by atoms with van der Waals surface area (Å²) >= 11 is 5.34. The topological polar surface area (TPSA) is 79.3 Å². The van der Waals surface area contributed by atoms with Crippen LogP contribution >= 0.6 is 12.2 Å². The maximum atomic E-state index is 12.9. The van der Waals surface area contributed by atoms with Gasteiger partial charge < -0.3 is 10.6 Å². The molecule has 8 heteroatoms. The molecule has 1 unspecified atom stereocenters. The van der Waals surface area contributed by atoms with Crippen LogP contribution in [0.5, 0.6) is 0 Å². The van der Waals surface area contributed by atoms with Crippen molar-refractivity contribution in [1.82, 2.24) is 19.8 Å². The number of anilines is 1. The smallest absolute Gasteiger partial charge is 0.257 e. The molecule has 0 radical (unpaired) electrons. The molecule has 2 N–H and O–H groups in total. The number of fused-ring (bicyclic) bond motifs is 3. The molecular formula is C25H27N5O2S. The van der Waals surface area contributed by atoms with Crippen LogP contribution < -0.4 is 10.6 Å². The van der Waals surface area contributed by atoms with Crippen LogP contribution in [0.4, 0.5) is 5.82 Å². The third-order valence-corrected chi connectivity index (χ3v) is 6.76. The molecule has 0 bridgehead atoms. The van der Waals surface area contributed by atoms with Gasteiger partial charge in [0.2, 0.25) is 10.7 Å². The Morgan fingerprint density at radius 3 is 2.61 bits per heavy atom. The molecule has 2 aromatic carbocycles. The molecule has 7 nitrogen and oxygen atoms in total. The molecule has 170 valence electrons. The second-order valence-electron chi connectivity index (χ2n) is 8.77. The number of carbonyl (C=O) groups is 2. The fraction of sp³-hybridized carbons (Fsp3) is 0.360. The van der Waals surface area contributed by atoms with Gasteiger partial charge in [0.15, 0.2) is 0 Å². The maximum Gasteiger partial charge on any atom is 0.257 e. The highest BCUT2D eigenvalue weighted by atomic mass is 32.1. The first-order valence-electron chi connectivity index (χ1n) is 11.5. The molecule has 1 saturated heterocycles. The normalized spacial score (nSPS) is 18.8. The van der Waals surface area contributed by atoms with E-state index in [4.69, 9.17) is 12.2 Å². The molecule has 3 aromatic rings. The predicted molar refractivity (Wildman–Crippen MR) is 131 cm³/mol. The third-order valence-electron chi connectivity index (χ3n) is 6.48. The summed E-state index contributed by atoms with van der Waals surface area (Å²) in [7, 11) is 0. The lowest BCUT2D eigenvalue weighted by Gasteiger charge is -2.32. The molecule has 2 aliphatic rings. The van der Waals surface area contributed by atoms with Crippen molar-refractivity contribution in [2.75, 3.05) is 18.4 Å². The van der Waals surface area contributed by atoms with E-state index in [9.17, 15) is 9.59 Å². The van der Waals surface area contributed by atoms with Gasteiger partial charge in [-0.05, 0) is 49.2 Å². The van der Waals surface area contributed by atoms with Crippen molar-refractivity contribution in [3.63, 3.8) is 0 Å². The highest BCUT2D eigenvalue weighted by Gasteiger charge is 2.32. The van der Waals surface area contributed by atoms with Crippen molar-refractivity contribution >= 4 is 40.8 Å². The summed E-state index contributed by atoms with van der Waals surface area (Å²) in [6.45, 7) is 2.88. The molecule has 5 rings (SSSR count). The van der Waals surface area contributed by atoms with Crippen molar-refractivity contribution in [3.05, 3.63) is 64.9 Å². The summed E-state index contributed by atoms with van der Waals surface area (Å²) in [5, 5.41) is 7.29. The quantitative estimate of drug-likeness (QED) is 0.544. The summed E-state index contributed by atoms with van der Waals surface area (Å²) in [5.41, 5.74) is 2.07. The molecular weight excluding hydrogens is 434 g/mol. The zero-order valence-electron chi connectivity index (χ0n) is 18.4. The molecule has 2 aliphatic heterocycles. The highest BCUT2D eigenvalue weighted by molar-refractivity contribution is 7.71. The van der Waals surface area contributed by atoms with Crippen molar-refractivity contribution in [3.8, 4) is 0 Å². The Morgan fingerprint density at radius 2 is 1.82 bits per heavy atom. The minimum Gasteiger partial charge on any atom is -0.359 e. The van der Waals surface area contributed by atoms with Gasteiger partial charge in [0, 0.05) is 37.5 Å². The number of hydrogen-bond acceptors (Lipinski definition) is 6. The number of para-hydroxylation sites is 1. The van der Waals surface area contributed by atoms with E-state index in [0.717, 1.165) is 43.4 Å².